The molecular formula is C19H19N3O3S. The second-order valence-corrected chi connectivity index (χ2v) is 7.68. The van der Waals surface area contributed by atoms with E-state index >= 15 is 0 Å². The summed E-state index contributed by atoms with van der Waals surface area (Å²) in [5.41, 5.74) is 1.21. The highest BCUT2D eigenvalue weighted by Gasteiger charge is 2.50. The highest BCUT2D eigenvalue weighted by atomic mass is 32.1. The Bertz CT molecular complexity index is 822. The van der Waals surface area contributed by atoms with Gasteiger partial charge >= 0.3 is 0 Å². The van der Waals surface area contributed by atoms with E-state index in [-0.39, 0.29) is 36.1 Å². The maximum absolute atomic E-state index is 12.8. The van der Waals surface area contributed by atoms with Crippen molar-refractivity contribution in [1.82, 2.24) is 9.88 Å². The lowest BCUT2D eigenvalue weighted by Crippen LogP contribution is -2.38. The van der Waals surface area contributed by atoms with Crippen LogP contribution in [0.4, 0.5) is 5.13 Å². The summed E-state index contributed by atoms with van der Waals surface area (Å²) in [6, 6.07) is 10.1. The second-order valence-electron chi connectivity index (χ2n) is 6.78. The summed E-state index contributed by atoms with van der Waals surface area (Å²) < 4.78 is 0. The number of carbonyl (C=O) groups is 3. The predicted octanol–water partition coefficient (Wildman–Crippen LogP) is 2.65. The molecule has 0 unspecified atom stereocenters. The zero-order valence-corrected chi connectivity index (χ0v) is 14.9. The van der Waals surface area contributed by atoms with E-state index in [1.807, 2.05) is 18.2 Å². The summed E-state index contributed by atoms with van der Waals surface area (Å²) in [5, 5.41) is 4.85. The summed E-state index contributed by atoms with van der Waals surface area (Å²) in [4.78, 5) is 42.7. The van der Waals surface area contributed by atoms with E-state index in [0.717, 1.165) is 11.3 Å². The molecule has 4 rings (SSSR count). The van der Waals surface area contributed by atoms with Crippen molar-refractivity contribution in [3.63, 3.8) is 0 Å². The average molecular weight is 369 g/mol. The first kappa shape index (κ1) is 16.9. The molecule has 1 aliphatic carbocycles. The molecule has 7 heteroatoms. The van der Waals surface area contributed by atoms with E-state index in [2.05, 4.69) is 22.4 Å². The fourth-order valence-corrected chi connectivity index (χ4v) is 4.56. The van der Waals surface area contributed by atoms with Crippen molar-refractivity contribution in [2.24, 2.45) is 11.8 Å². The molecule has 26 heavy (non-hydrogen) atoms. The lowest BCUT2D eigenvalue weighted by Gasteiger charge is -2.28. The van der Waals surface area contributed by atoms with E-state index in [1.165, 1.54) is 16.9 Å². The van der Waals surface area contributed by atoms with Crippen LogP contribution in [-0.2, 0) is 14.4 Å². The first-order valence-corrected chi connectivity index (χ1v) is 9.61. The minimum absolute atomic E-state index is 0.208. The highest BCUT2D eigenvalue weighted by molar-refractivity contribution is 7.13. The molecule has 1 aromatic carbocycles. The Morgan fingerprint density at radius 3 is 2.65 bits per heavy atom. The SMILES string of the molecule is O=C(CN1C(=O)[C@H]2C[C@H](c3ccccc3)CC[C@H]2C1=O)Nc1nccs1. The van der Waals surface area contributed by atoms with E-state index in [9.17, 15) is 14.4 Å². The van der Waals surface area contributed by atoms with E-state index < -0.39 is 0 Å². The van der Waals surface area contributed by atoms with Gasteiger partial charge in [0, 0.05) is 11.6 Å². The fourth-order valence-electron chi connectivity index (χ4n) is 4.02. The Morgan fingerprint density at radius 2 is 1.92 bits per heavy atom. The van der Waals surface area contributed by atoms with Gasteiger partial charge in [-0.3, -0.25) is 19.3 Å². The molecule has 0 spiro atoms. The van der Waals surface area contributed by atoms with Crippen molar-refractivity contribution in [3.05, 3.63) is 47.5 Å². The van der Waals surface area contributed by atoms with Crippen LogP contribution in [0.15, 0.2) is 41.9 Å². The quantitative estimate of drug-likeness (QED) is 0.841. The monoisotopic (exact) mass is 369 g/mol. The summed E-state index contributed by atoms with van der Waals surface area (Å²) in [6.45, 7) is -0.236. The maximum atomic E-state index is 12.8. The van der Waals surface area contributed by atoms with Gasteiger partial charge in [-0.1, -0.05) is 30.3 Å². The van der Waals surface area contributed by atoms with E-state index in [1.54, 1.807) is 11.6 Å². The van der Waals surface area contributed by atoms with Crippen molar-refractivity contribution in [1.29, 1.82) is 0 Å². The van der Waals surface area contributed by atoms with E-state index in [4.69, 9.17) is 0 Å². The van der Waals surface area contributed by atoms with Crippen molar-refractivity contribution in [3.8, 4) is 0 Å². The molecule has 1 aromatic heterocycles. The van der Waals surface area contributed by atoms with Gasteiger partial charge in [-0.2, -0.15) is 0 Å². The Morgan fingerprint density at radius 1 is 1.15 bits per heavy atom. The number of fused-ring (bicyclic) bond motifs is 1. The molecule has 2 aliphatic rings. The number of nitrogens with zero attached hydrogens (tertiary/aromatic N) is 2. The first-order valence-electron chi connectivity index (χ1n) is 8.73. The third-order valence-corrected chi connectivity index (χ3v) is 5.96. The van der Waals surface area contributed by atoms with Crippen LogP contribution in [0.3, 0.4) is 0 Å². The number of likely N-dealkylation sites (tertiary alicyclic amines) is 1. The molecule has 1 N–H and O–H groups in total. The predicted molar refractivity (Wildman–Crippen MR) is 97.5 cm³/mol. The summed E-state index contributed by atoms with van der Waals surface area (Å²) in [5.74, 6) is -1.11. The highest BCUT2D eigenvalue weighted by Crippen LogP contribution is 2.44. The lowest BCUT2D eigenvalue weighted by atomic mass is 9.73. The van der Waals surface area contributed by atoms with Gasteiger partial charge in [0.25, 0.3) is 0 Å². The number of hydrogen-bond acceptors (Lipinski definition) is 5. The Labute approximate surface area is 155 Å². The Kier molecular flexibility index (Phi) is 4.55. The summed E-state index contributed by atoms with van der Waals surface area (Å²) >= 11 is 1.30. The van der Waals surface area contributed by atoms with Gasteiger partial charge in [-0.25, -0.2) is 4.98 Å². The molecule has 3 atom stereocenters. The Balaban J connectivity index is 1.44. The average Bonchev–Trinajstić information content (AvgIpc) is 3.25. The number of carbonyl (C=O) groups excluding carboxylic acids is 3. The molecular weight excluding hydrogens is 350 g/mol. The summed E-state index contributed by atoms with van der Waals surface area (Å²) in [7, 11) is 0. The van der Waals surface area contributed by atoms with Gasteiger partial charge in [0.05, 0.1) is 11.8 Å². The van der Waals surface area contributed by atoms with Crippen molar-refractivity contribution >= 4 is 34.2 Å². The van der Waals surface area contributed by atoms with Gasteiger partial charge in [0.15, 0.2) is 5.13 Å². The van der Waals surface area contributed by atoms with Crippen LogP contribution in [0.5, 0.6) is 0 Å². The second kappa shape index (κ2) is 6.99. The van der Waals surface area contributed by atoms with Crippen LogP contribution >= 0.6 is 11.3 Å². The third-order valence-electron chi connectivity index (χ3n) is 5.27. The molecule has 2 heterocycles. The van der Waals surface area contributed by atoms with Crippen molar-refractivity contribution in [2.75, 3.05) is 11.9 Å². The number of imide groups is 1. The van der Waals surface area contributed by atoms with Gasteiger partial charge in [-0.05, 0) is 30.7 Å². The van der Waals surface area contributed by atoms with Crippen LogP contribution in [0.2, 0.25) is 0 Å². The molecule has 3 amide bonds. The smallest absolute Gasteiger partial charge is 0.246 e. The summed E-state index contributed by atoms with van der Waals surface area (Å²) in [6.07, 6.45) is 3.84. The molecule has 134 valence electrons. The molecule has 1 aliphatic heterocycles. The first-order chi connectivity index (χ1) is 12.6. The van der Waals surface area contributed by atoms with Crippen LogP contribution in [0, 0.1) is 11.8 Å². The van der Waals surface area contributed by atoms with Gasteiger partial charge in [0.1, 0.15) is 6.54 Å². The number of amides is 3. The largest absolute Gasteiger partial charge is 0.300 e. The minimum atomic E-state index is -0.389. The Hall–Kier alpha value is -2.54. The number of benzene rings is 1. The van der Waals surface area contributed by atoms with Crippen LogP contribution in [0.1, 0.15) is 30.7 Å². The number of rotatable bonds is 4. The number of thiazole rings is 1. The minimum Gasteiger partial charge on any atom is -0.300 e. The zero-order chi connectivity index (χ0) is 18.1. The standard InChI is InChI=1S/C19H19N3O3S/c23-16(21-19-20-8-9-26-19)11-22-17(24)14-7-6-13(10-15(14)18(22)25)12-4-2-1-3-5-12/h1-5,8-9,13-15H,6-7,10-11H2,(H,20,21,23)/t13-,14-,15+/m1/s1. The molecule has 1 saturated heterocycles. The van der Waals surface area contributed by atoms with Crippen molar-refractivity contribution in [2.45, 2.75) is 25.2 Å². The molecule has 2 fully saturated rings. The molecule has 6 nitrogen and oxygen atoms in total. The lowest BCUT2D eigenvalue weighted by molar-refractivity contribution is -0.142. The fraction of sp³-hybridized carbons (Fsp3) is 0.368. The van der Waals surface area contributed by atoms with Crippen molar-refractivity contribution < 1.29 is 14.4 Å². The van der Waals surface area contributed by atoms with Crippen LogP contribution in [0.25, 0.3) is 0 Å². The normalized spacial score (nSPS) is 25.2. The van der Waals surface area contributed by atoms with Gasteiger partial charge in [0.2, 0.25) is 17.7 Å². The molecule has 0 bridgehead atoms. The number of hydrogen-bond donors (Lipinski definition) is 1. The van der Waals surface area contributed by atoms with Gasteiger partial charge in [-0.15, -0.1) is 11.3 Å². The molecule has 1 saturated carbocycles. The van der Waals surface area contributed by atoms with Gasteiger partial charge < -0.3 is 5.32 Å². The number of aromatic nitrogens is 1. The number of nitrogens with one attached hydrogen (secondary N) is 1. The van der Waals surface area contributed by atoms with Crippen LogP contribution < -0.4 is 5.32 Å². The topological polar surface area (TPSA) is 79.4 Å². The molecule has 2 aromatic rings. The van der Waals surface area contributed by atoms with Crippen LogP contribution in [-0.4, -0.2) is 34.2 Å². The number of anilines is 1. The zero-order valence-electron chi connectivity index (χ0n) is 14.1. The maximum Gasteiger partial charge on any atom is 0.246 e. The third kappa shape index (κ3) is 3.14. The van der Waals surface area contributed by atoms with E-state index in [0.29, 0.717) is 23.9 Å². The molecule has 0 radical (unpaired) electrons.